The van der Waals surface area contributed by atoms with E-state index in [1.54, 1.807) is 0 Å². The first kappa shape index (κ1) is 13.0. The predicted molar refractivity (Wildman–Crippen MR) is 80.0 cm³/mol. The lowest BCUT2D eigenvalue weighted by molar-refractivity contribution is 0.0759. The van der Waals surface area contributed by atoms with E-state index in [0.29, 0.717) is 0 Å². The van der Waals surface area contributed by atoms with Gasteiger partial charge in [-0.15, -0.1) is 0 Å². The van der Waals surface area contributed by atoms with Gasteiger partial charge in [0.1, 0.15) is 11.4 Å². The van der Waals surface area contributed by atoms with Crippen molar-refractivity contribution in [1.82, 2.24) is 9.78 Å². The van der Waals surface area contributed by atoms with E-state index < -0.39 is 0 Å². The van der Waals surface area contributed by atoms with Crippen LogP contribution >= 0.6 is 0 Å². The Balaban J connectivity index is 1.88. The van der Waals surface area contributed by atoms with E-state index in [1.807, 2.05) is 29.2 Å². The maximum atomic E-state index is 6.05. The fourth-order valence-electron chi connectivity index (χ4n) is 2.74. The Kier molecular flexibility index (Phi) is 3.16. The second-order valence-corrected chi connectivity index (χ2v) is 5.89. The lowest BCUT2D eigenvalue weighted by Gasteiger charge is -2.38. The van der Waals surface area contributed by atoms with Gasteiger partial charge in [-0.1, -0.05) is 18.2 Å². The van der Waals surface area contributed by atoms with Crippen molar-refractivity contribution >= 4 is 5.69 Å². The minimum Gasteiger partial charge on any atom is -0.487 e. The number of benzene rings is 1. The summed E-state index contributed by atoms with van der Waals surface area (Å²) in [6.07, 6.45) is 4.86. The van der Waals surface area contributed by atoms with E-state index >= 15 is 0 Å². The lowest BCUT2D eigenvalue weighted by atomic mass is 9.89. The Morgan fingerprint density at radius 1 is 1.40 bits per heavy atom. The first-order valence-electron chi connectivity index (χ1n) is 7.14. The molecule has 2 aromatic rings. The smallest absolute Gasteiger partial charge is 0.125 e. The molecule has 1 aliphatic heterocycles. The zero-order valence-corrected chi connectivity index (χ0v) is 12.3. The molecule has 1 atom stereocenters. The molecule has 0 radical (unpaired) electrons. The Hall–Kier alpha value is -1.97. The topological polar surface area (TPSA) is 39.1 Å². The molecule has 1 unspecified atom stereocenters. The molecule has 0 saturated heterocycles. The van der Waals surface area contributed by atoms with Gasteiger partial charge in [-0.3, -0.25) is 4.68 Å². The standard InChI is InChI=1S/C16H21N3O/c1-4-19-11-12(10-17-19)18-14-9-16(2,3)20-15-8-6-5-7-13(14)15/h5-8,10-11,14,18H,4,9H2,1-3H3. The average Bonchev–Trinajstić information content (AvgIpc) is 2.85. The van der Waals surface area contributed by atoms with Crippen LogP contribution in [0.2, 0.25) is 0 Å². The maximum Gasteiger partial charge on any atom is 0.125 e. The van der Waals surface area contributed by atoms with Gasteiger partial charge in [-0.2, -0.15) is 5.10 Å². The number of rotatable bonds is 3. The number of ether oxygens (including phenoxy) is 1. The van der Waals surface area contributed by atoms with Gasteiger partial charge in [0.25, 0.3) is 0 Å². The fraction of sp³-hybridized carbons (Fsp3) is 0.438. The normalized spacial score (nSPS) is 20.1. The van der Waals surface area contributed by atoms with Gasteiger partial charge in [-0.05, 0) is 26.8 Å². The second kappa shape index (κ2) is 4.85. The van der Waals surface area contributed by atoms with Crippen LogP contribution in [0.4, 0.5) is 5.69 Å². The monoisotopic (exact) mass is 271 g/mol. The van der Waals surface area contributed by atoms with Crippen molar-refractivity contribution in [1.29, 1.82) is 0 Å². The zero-order valence-electron chi connectivity index (χ0n) is 12.3. The van der Waals surface area contributed by atoms with Crippen molar-refractivity contribution in [2.75, 3.05) is 5.32 Å². The van der Waals surface area contributed by atoms with Crippen LogP contribution in [0.1, 0.15) is 38.8 Å². The molecule has 0 aliphatic carbocycles. The van der Waals surface area contributed by atoms with Gasteiger partial charge in [-0.25, -0.2) is 0 Å². The quantitative estimate of drug-likeness (QED) is 0.926. The molecular weight excluding hydrogens is 250 g/mol. The van der Waals surface area contributed by atoms with Gasteiger partial charge >= 0.3 is 0 Å². The van der Waals surface area contributed by atoms with Crippen LogP contribution in [-0.2, 0) is 6.54 Å². The summed E-state index contributed by atoms with van der Waals surface area (Å²) in [5, 5.41) is 7.90. The van der Waals surface area contributed by atoms with E-state index in [0.717, 1.165) is 24.4 Å². The number of anilines is 1. The van der Waals surface area contributed by atoms with Crippen LogP contribution in [0.5, 0.6) is 5.75 Å². The first-order chi connectivity index (χ1) is 9.57. The van der Waals surface area contributed by atoms with E-state index in [2.05, 4.69) is 43.3 Å². The van der Waals surface area contributed by atoms with Crippen LogP contribution in [-0.4, -0.2) is 15.4 Å². The molecule has 20 heavy (non-hydrogen) atoms. The molecule has 0 spiro atoms. The molecule has 1 aromatic heterocycles. The summed E-state index contributed by atoms with van der Waals surface area (Å²) in [6.45, 7) is 7.24. The second-order valence-electron chi connectivity index (χ2n) is 5.89. The number of hydrogen-bond donors (Lipinski definition) is 1. The Morgan fingerprint density at radius 3 is 2.95 bits per heavy atom. The van der Waals surface area contributed by atoms with Gasteiger partial charge < -0.3 is 10.1 Å². The van der Waals surface area contributed by atoms with Crippen LogP contribution in [0.25, 0.3) is 0 Å². The summed E-state index contributed by atoms with van der Waals surface area (Å²) < 4.78 is 7.98. The molecule has 1 aliphatic rings. The van der Waals surface area contributed by atoms with Crippen molar-refractivity contribution in [3.8, 4) is 5.75 Å². The van der Waals surface area contributed by atoms with Crippen molar-refractivity contribution in [2.24, 2.45) is 0 Å². The molecule has 106 valence electrons. The van der Waals surface area contributed by atoms with Crippen molar-refractivity contribution in [3.05, 3.63) is 42.2 Å². The molecule has 1 aromatic carbocycles. The van der Waals surface area contributed by atoms with E-state index in [9.17, 15) is 0 Å². The highest BCUT2D eigenvalue weighted by molar-refractivity contribution is 5.47. The number of para-hydroxylation sites is 1. The largest absolute Gasteiger partial charge is 0.487 e. The summed E-state index contributed by atoms with van der Waals surface area (Å²) in [6, 6.07) is 8.51. The zero-order chi connectivity index (χ0) is 14.2. The lowest BCUT2D eigenvalue weighted by Crippen LogP contribution is -2.37. The van der Waals surface area contributed by atoms with E-state index in [4.69, 9.17) is 4.74 Å². The summed E-state index contributed by atoms with van der Waals surface area (Å²) in [7, 11) is 0. The fourth-order valence-corrected chi connectivity index (χ4v) is 2.74. The molecule has 0 amide bonds. The van der Waals surface area contributed by atoms with E-state index in [1.165, 1.54) is 5.56 Å². The Labute approximate surface area is 119 Å². The predicted octanol–water partition coefficient (Wildman–Crippen LogP) is 3.62. The summed E-state index contributed by atoms with van der Waals surface area (Å²) >= 11 is 0. The summed E-state index contributed by atoms with van der Waals surface area (Å²) in [4.78, 5) is 0. The third kappa shape index (κ3) is 2.50. The van der Waals surface area contributed by atoms with Crippen LogP contribution in [0, 0.1) is 0 Å². The molecule has 1 N–H and O–H groups in total. The van der Waals surface area contributed by atoms with Gasteiger partial charge in [0, 0.05) is 24.7 Å². The van der Waals surface area contributed by atoms with Crippen molar-refractivity contribution in [3.63, 3.8) is 0 Å². The summed E-state index contributed by atoms with van der Waals surface area (Å²) in [5.74, 6) is 0.976. The number of hydrogen-bond acceptors (Lipinski definition) is 3. The maximum absolute atomic E-state index is 6.05. The highest BCUT2D eigenvalue weighted by Crippen LogP contribution is 2.40. The highest BCUT2D eigenvalue weighted by Gasteiger charge is 2.33. The number of nitrogens with zero attached hydrogens (tertiary/aromatic N) is 2. The molecule has 4 heteroatoms. The first-order valence-corrected chi connectivity index (χ1v) is 7.14. The minimum atomic E-state index is -0.160. The highest BCUT2D eigenvalue weighted by atomic mass is 16.5. The van der Waals surface area contributed by atoms with Crippen LogP contribution in [0.3, 0.4) is 0 Å². The number of fused-ring (bicyclic) bond motifs is 1. The van der Waals surface area contributed by atoms with Gasteiger partial charge in [0.05, 0.1) is 17.9 Å². The summed E-state index contributed by atoms with van der Waals surface area (Å²) in [5.41, 5.74) is 2.12. The third-order valence-corrected chi connectivity index (χ3v) is 3.67. The van der Waals surface area contributed by atoms with Gasteiger partial charge in [0.2, 0.25) is 0 Å². The molecule has 4 nitrogen and oxygen atoms in total. The molecular formula is C16H21N3O. The minimum absolute atomic E-state index is 0.160. The third-order valence-electron chi connectivity index (χ3n) is 3.67. The number of aromatic nitrogens is 2. The molecule has 2 heterocycles. The Bertz CT molecular complexity index is 603. The molecule has 3 rings (SSSR count). The molecule has 0 bridgehead atoms. The van der Waals surface area contributed by atoms with Gasteiger partial charge in [0.15, 0.2) is 0 Å². The van der Waals surface area contributed by atoms with E-state index in [-0.39, 0.29) is 11.6 Å². The number of aryl methyl sites for hydroxylation is 1. The average molecular weight is 271 g/mol. The van der Waals surface area contributed by atoms with Crippen molar-refractivity contribution in [2.45, 2.75) is 45.4 Å². The van der Waals surface area contributed by atoms with Crippen molar-refractivity contribution < 1.29 is 4.74 Å². The Morgan fingerprint density at radius 2 is 2.20 bits per heavy atom. The van der Waals surface area contributed by atoms with Crippen LogP contribution < -0.4 is 10.1 Å². The number of nitrogens with one attached hydrogen (secondary N) is 1. The molecule has 0 saturated carbocycles. The SMILES string of the molecule is CCn1cc(NC2CC(C)(C)Oc3ccccc32)cn1. The molecule has 0 fully saturated rings. The van der Waals surface area contributed by atoms with Crippen LogP contribution in [0.15, 0.2) is 36.7 Å².